The molecule has 3 unspecified atom stereocenters. The Morgan fingerprint density at radius 1 is 1.20 bits per heavy atom. The number of hydrogen-bond donors (Lipinski definition) is 2. The van der Waals surface area contributed by atoms with E-state index in [9.17, 15) is 0 Å². The molecule has 1 fully saturated rings. The zero-order chi connectivity index (χ0) is 18.9. The van der Waals surface area contributed by atoms with Crippen LogP contribution >= 0.6 is 0 Å². The van der Waals surface area contributed by atoms with Crippen molar-refractivity contribution in [3.63, 3.8) is 0 Å². The molecule has 1 saturated heterocycles. The van der Waals surface area contributed by atoms with Crippen LogP contribution in [-0.4, -0.2) is 62.3 Å². The molecule has 0 bridgehead atoms. The van der Waals surface area contributed by atoms with E-state index in [0.29, 0.717) is 18.1 Å². The molecule has 0 saturated carbocycles. The summed E-state index contributed by atoms with van der Waals surface area (Å²) in [5, 5.41) is 6.95. The molecular formula is C20H42N4O. The van der Waals surface area contributed by atoms with Crippen LogP contribution < -0.4 is 10.6 Å². The monoisotopic (exact) mass is 354 g/mol. The summed E-state index contributed by atoms with van der Waals surface area (Å²) in [6.07, 6.45) is 2.70. The molecule has 2 N–H and O–H groups in total. The van der Waals surface area contributed by atoms with Crippen molar-refractivity contribution in [1.29, 1.82) is 0 Å². The zero-order valence-electron chi connectivity index (χ0n) is 17.7. The van der Waals surface area contributed by atoms with Crippen LogP contribution in [-0.2, 0) is 4.74 Å². The Bertz CT molecular complexity index is 388. The number of guanidine groups is 1. The fraction of sp³-hybridized carbons (Fsp3) is 0.950. The van der Waals surface area contributed by atoms with Crippen LogP contribution in [0.5, 0.6) is 0 Å². The predicted octanol–water partition coefficient (Wildman–Crippen LogP) is 3.11. The summed E-state index contributed by atoms with van der Waals surface area (Å²) in [6, 6.07) is 0.464. The second kappa shape index (κ2) is 11.0. The highest BCUT2D eigenvalue weighted by Crippen LogP contribution is 2.33. The summed E-state index contributed by atoms with van der Waals surface area (Å²) in [7, 11) is 0. The molecule has 1 aliphatic heterocycles. The van der Waals surface area contributed by atoms with Crippen molar-refractivity contribution in [2.24, 2.45) is 16.3 Å². The maximum atomic E-state index is 6.10. The van der Waals surface area contributed by atoms with Gasteiger partial charge in [-0.2, -0.15) is 0 Å². The van der Waals surface area contributed by atoms with Crippen LogP contribution in [0.25, 0.3) is 0 Å². The maximum Gasteiger partial charge on any atom is 0.191 e. The summed E-state index contributed by atoms with van der Waals surface area (Å²) >= 11 is 0. The van der Waals surface area contributed by atoms with E-state index >= 15 is 0 Å². The third kappa shape index (κ3) is 7.53. The first kappa shape index (κ1) is 22.2. The summed E-state index contributed by atoms with van der Waals surface area (Å²) in [6.45, 7) is 21.3. The van der Waals surface area contributed by atoms with Gasteiger partial charge in [0.1, 0.15) is 0 Å². The van der Waals surface area contributed by atoms with Gasteiger partial charge in [0.05, 0.1) is 12.6 Å². The number of likely N-dealkylation sites (N-methyl/N-ethyl adjacent to an activating group) is 1. The average Bonchev–Trinajstić information content (AvgIpc) is 2.58. The number of nitrogens with one attached hydrogen (secondary N) is 2. The third-order valence-corrected chi connectivity index (χ3v) is 5.12. The van der Waals surface area contributed by atoms with Crippen molar-refractivity contribution in [2.75, 3.05) is 39.3 Å². The fourth-order valence-corrected chi connectivity index (χ4v) is 3.76. The SMILES string of the molecule is CCNC(=NCC(C)N(CC)CC)NCC1CCCOC1C(C)(C)C. The smallest absolute Gasteiger partial charge is 0.191 e. The van der Waals surface area contributed by atoms with Crippen molar-refractivity contribution in [2.45, 2.75) is 73.5 Å². The Morgan fingerprint density at radius 3 is 2.44 bits per heavy atom. The van der Waals surface area contributed by atoms with Gasteiger partial charge in [0, 0.05) is 31.7 Å². The molecule has 1 rings (SSSR count). The summed E-state index contributed by atoms with van der Waals surface area (Å²) in [5.74, 6) is 1.47. The van der Waals surface area contributed by atoms with Gasteiger partial charge in [-0.1, -0.05) is 34.6 Å². The molecule has 0 aromatic rings. The minimum atomic E-state index is 0.180. The van der Waals surface area contributed by atoms with Crippen LogP contribution in [0.2, 0.25) is 0 Å². The topological polar surface area (TPSA) is 48.9 Å². The molecule has 0 aromatic carbocycles. The van der Waals surface area contributed by atoms with Crippen molar-refractivity contribution >= 4 is 5.96 Å². The minimum absolute atomic E-state index is 0.180. The van der Waals surface area contributed by atoms with Crippen LogP contribution in [0.15, 0.2) is 4.99 Å². The van der Waals surface area contributed by atoms with Gasteiger partial charge in [0.2, 0.25) is 0 Å². The molecule has 3 atom stereocenters. The lowest BCUT2D eigenvalue weighted by Crippen LogP contribution is -2.47. The molecule has 25 heavy (non-hydrogen) atoms. The number of rotatable bonds is 8. The van der Waals surface area contributed by atoms with E-state index in [1.807, 2.05) is 0 Å². The number of nitrogens with zero attached hydrogens (tertiary/aromatic N) is 2. The largest absolute Gasteiger partial charge is 0.377 e. The minimum Gasteiger partial charge on any atom is -0.377 e. The van der Waals surface area contributed by atoms with Gasteiger partial charge in [-0.25, -0.2) is 0 Å². The van der Waals surface area contributed by atoms with Gasteiger partial charge >= 0.3 is 0 Å². The van der Waals surface area contributed by atoms with E-state index in [-0.39, 0.29) is 5.41 Å². The van der Waals surface area contributed by atoms with E-state index in [1.54, 1.807) is 0 Å². The Labute approximate surface area is 156 Å². The van der Waals surface area contributed by atoms with Crippen molar-refractivity contribution in [3.05, 3.63) is 0 Å². The summed E-state index contributed by atoms with van der Waals surface area (Å²) in [5.41, 5.74) is 0.180. The standard InChI is InChI=1S/C20H42N4O/c1-8-21-19(22-14-16(4)24(9-2)10-3)23-15-17-12-11-13-25-18(17)20(5,6)7/h16-18H,8-15H2,1-7H3,(H2,21,22,23). The Balaban J connectivity index is 2.63. The van der Waals surface area contributed by atoms with Crippen LogP contribution in [0.1, 0.15) is 61.3 Å². The highest BCUT2D eigenvalue weighted by atomic mass is 16.5. The second-order valence-corrected chi connectivity index (χ2v) is 8.23. The lowest BCUT2D eigenvalue weighted by atomic mass is 9.78. The third-order valence-electron chi connectivity index (χ3n) is 5.12. The van der Waals surface area contributed by atoms with Crippen molar-refractivity contribution < 1.29 is 4.74 Å². The number of hydrogen-bond acceptors (Lipinski definition) is 3. The average molecular weight is 355 g/mol. The molecule has 0 spiro atoms. The van der Waals surface area contributed by atoms with E-state index in [1.165, 1.54) is 6.42 Å². The molecule has 1 heterocycles. The van der Waals surface area contributed by atoms with Gasteiger partial charge in [-0.05, 0) is 45.2 Å². The first-order chi connectivity index (χ1) is 11.8. The van der Waals surface area contributed by atoms with Gasteiger partial charge in [0.15, 0.2) is 5.96 Å². The van der Waals surface area contributed by atoms with E-state index < -0.39 is 0 Å². The van der Waals surface area contributed by atoms with Crippen LogP contribution in [0.4, 0.5) is 0 Å². The van der Waals surface area contributed by atoms with E-state index in [2.05, 4.69) is 64.0 Å². The van der Waals surface area contributed by atoms with Crippen molar-refractivity contribution in [1.82, 2.24) is 15.5 Å². The number of ether oxygens (including phenoxy) is 1. The fourth-order valence-electron chi connectivity index (χ4n) is 3.76. The quantitative estimate of drug-likeness (QED) is 0.519. The zero-order valence-corrected chi connectivity index (χ0v) is 17.7. The molecule has 0 aromatic heterocycles. The highest BCUT2D eigenvalue weighted by Gasteiger charge is 2.35. The number of aliphatic imine (C=N–C) groups is 1. The Hall–Kier alpha value is -0.810. The normalized spacial score (nSPS) is 23.6. The molecule has 0 aliphatic carbocycles. The highest BCUT2D eigenvalue weighted by molar-refractivity contribution is 5.79. The molecule has 148 valence electrons. The lowest BCUT2D eigenvalue weighted by Gasteiger charge is -2.40. The summed E-state index contributed by atoms with van der Waals surface area (Å²) < 4.78 is 6.10. The van der Waals surface area contributed by atoms with Crippen LogP contribution in [0.3, 0.4) is 0 Å². The molecule has 5 heteroatoms. The van der Waals surface area contributed by atoms with E-state index in [0.717, 1.165) is 51.7 Å². The first-order valence-electron chi connectivity index (χ1n) is 10.2. The molecule has 1 aliphatic rings. The van der Waals surface area contributed by atoms with Crippen LogP contribution in [0, 0.1) is 11.3 Å². The Morgan fingerprint density at radius 2 is 1.88 bits per heavy atom. The summed E-state index contributed by atoms with van der Waals surface area (Å²) in [4.78, 5) is 7.26. The predicted molar refractivity (Wildman–Crippen MR) is 108 cm³/mol. The van der Waals surface area contributed by atoms with E-state index in [4.69, 9.17) is 9.73 Å². The molecule has 0 radical (unpaired) electrons. The molecular weight excluding hydrogens is 312 g/mol. The first-order valence-corrected chi connectivity index (χ1v) is 10.2. The maximum absolute atomic E-state index is 6.10. The van der Waals surface area contributed by atoms with Gasteiger partial charge in [-0.15, -0.1) is 0 Å². The second-order valence-electron chi connectivity index (χ2n) is 8.23. The van der Waals surface area contributed by atoms with Gasteiger partial charge in [0.25, 0.3) is 0 Å². The Kier molecular flexibility index (Phi) is 9.80. The van der Waals surface area contributed by atoms with Crippen molar-refractivity contribution in [3.8, 4) is 0 Å². The molecule has 5 nitrogen and oxygen atoms in total. The lowest BCUT2D eigenvalue weighted by molar-refractivity contribution is -0.0835. The molecule has 0 amide bonds. The van der Waals surface area contributed by atoms with Gasteiger partial charge < -0.3 is 15.4 Å². The van der Waals surface area contributed by atoms with Gasteiger partial charge in [-0.3, -0.25) is 9.89 Å².